The molecule has 0 N–H and O–H groups in total. The molecule has 2 aliphatic rings. The zero-order valence-corrected chi connectivity index (χ0v) is 49.5. The molecule has 0 saturated heterocycles. The highest BCUT2D eigenvalue weighted by Gasteiger charge is 2.40. The van der Waals surface area contributed by atoms with Crippen LogP contribution in [0.2, 0.25) is 0 Å². The van der Waals surface area contributed by atoms with Crippen LogP contribution in [0.25, 0.3) is 9.69 Å². The predicted octanol–water partition coefficient (Wildman–Crippen LogP) is 16.4. The van der Waals surface area contributed by atoms with E-state index in [2.05, 4.69) is 241 Å². The molecule has 0 unspecified atom stereocenters. The molecule has 2 aliphatic heterocycles. The maximum Gasteiger partial charge on any atom is 0.247 e. The molecule has 0 saturated carbocycles. The molecule has 79 heavy (non-hydrogen) atoms. The van der Waals surface area contributed by atoms with Crippen molar-refractivity contribution in [2.24, 2.45) is 0 Å². The average Bonchev–Trinajstić information content (AvgIpc) is 3.62. The zero-order chi connectivity index (χ0) is 56.8. The lowest BCUT2D eigenvalue weighted by molar-refractivity contribution is 0.812. The molecule has 8 aromatic carbocycles. The normalized spacial score (nSPS) is 12.1. The number of anilines is 3. The molecule has 0 spiro atoms. The Kier molecular flexibility index (Phi) is 18.0. The molecule has 0 atom stereocenters. The highest BCUT2D eigenvalue weighted by Crippen LogP contribution is 2.44. The van der Waals surface area contributed by atoms with Crippen molar-refractivity contribution in [2.45, 2.75) is 125 Å². The molecule has 2 heterocycles. The lowest BCUT2D eigenvalue weighted by Gasteiger charge is -2.39. The summed E-state index contributed by atoms with van der Waals surface area (Å²) in [5, 5.41) is 18.6. The van der Waals surface area contributed by atoms with E-state index >= 15 is 0 Å². The number of nitrogens with zero attached hydrogens (tertiary/aromatic N) is 5. The number of rotatable bonds is 9. The molecule has 5 nitrogen and oxygen atoms in total. The van der Waals surface area contributed by atoms with Crippen molar-refractivity contribution >= 4 is 90.6 Å². The predicted molar refractivity (Wildman–Crippen MR) is 342 cm³/mol. The lowest BCUT2D eigenvalue weighted by Crippen LogP contribution is -2.59. The van der Waals surface area contributed by atoms with Crippen molar-refractivity contribution in [1.29, 1.82) is 10.5 Å². The minimum Gasteiger partial charge on any atom is -0.320 e. The Labute approximate surface area is 482 Å². The van der Waals surface area contributed by atoms with Gasteiger partial charge >= 0.3 is 0 Å². The zero-order valence-electron chi connectivity index (χ0n) is 48.0. The average molecular weight is 1100 g/mol. The van der Waals surface area contributed by atoms with E-state index in [1.54, 1.807) is 41.9 Å². The Balaban J connectivity index is 0.000000197. The van der Waals surface area contributed by atoms with Gasteiger partial charge in [-0.2, -0.15) is 10.5 Å². The number of para-hydroxylation sites is 3. The first-order valence-corrected chi connectivity index (χ1v) is 28.7. The smallest absolute Gasteiger partial charge is 0.247 e. The van der Waals surface area contributed by atoms with E-state index in [1.807, 2.05) is 6.07 Å². The van der Waals surface area contributed by atoms with Crippen molar-refractivity contribution < 1.29 is 1.43 Å². The van der Waals surface area contributed by atoms with Crippen LogP contribution in [0.1, 0.15) is 176 Å². The third-order valence-electron chi connectivity index (χ3n) is 15.7. The largest absolute Gasteiger partial charge is 0.320 e. The fraction of sp³-hybridized carbons (Fsp3) is 0.268. The molecule has 0 aliphatic carbocycles. The molecular weight excluding hydrogens is 1020 g/mol. The van der Waals surface area contributed by atoms with Gasteiger partial charge in [0.05, 0.1) is 42.1 Å². The Morgan fingerprint density at radius 1 is 0.456 bits per heavy atom. The number of fused-ring (bicyclic) bond motifs is 4. The molecule has 8 aromatic rings. The van der Waals surface area contributed by atoms with E-state index in [4.69, 9.17) is 18.4 Å². The summed E-state index contributed by atoms with van der Waals surface area (Å²) in [6.45, 7) is 42.8. The van der Waals surface area contributed by atoms with Gasteiger partial charge in [0, 0.05) is 17.3 Å². The highest BCUT2D eigenvalue weighted by molar-refractivity contribution is 9.10. The summed E-state index contributed by atoms with van der Waals surface area (Å²) in [6.07, 6.45) is 1.04. The second-order valence-corrected chi connectivity index (χ2v) is 23.6. The second-order valence-electron chi connectivity index (χ2n) is 22.8. The van der Waals surface area contributed by atoms with Crippen LogP contribution in [0.3, 0.4) is 0 Å². The molecule has 0 radical (unpaired) electrons. The van der Waals surface area contributed by atoms with Gasteiger partial charge < -0.3 is 4.90 Å². The Bertz CT molecular complexity index is 3520. The van der Waals surface area contributed by atoms with E-state index in [0.717, 1.165) is 17.8 Å². The van der Waals surface area contributed by atoms with Gasteiger partial charge in [-0.05, 0) is 122 Å². The molecule has 0 bridgehead atoms. The molecule has 0 amide bonds. The van der Waals surface area contributed by atoms with Crippen LogP contribution in [0.5, 0.6) is 0 Å². The van der Waals surface area contributed by atoms with Gasteiger partial charge in [0.15, 0.2) is 0 Å². The monoisotopic (exact) mass is 1100 g/mol. The summed E-state index contributed by atoms with van der Waals surface area (Å²) < 4.78 is 0.581. The second kappa shape index (κ2) is 24.9. The summed E-state index contributed by atoms with van der Waals surface area (Å²) in [6, 6.07) is 59.8. The first kappa shape index (κ1) is 57.3. The van der Waals surface area contributed by atoms with Gasteiger partial charge in [0.2, 0.25) is 24.8 Å². The van der Waals surface area contributed by atoms with E-state index in [9.17, 15) is 5.26 Å². The first-order valence-electron chi connectivity index (χ1n) is 27.9. The van der Waals surface area contributed by atoms with Crippen molar-refractivity contribution in [1.82, 2.24) is 0 Å². The Morgan fingerprint density at radius 3 is 1.19 bits per heavy atom. The van der Waals surface area contributed by atoms with Crippen LogP contribution in [0.4, 0.5) is 28.4 Å². The van der Waals surface area contributed by atoms with Crippen LogP contribution >= 0.6 is 15.9 Å². The van der Waals surface area contributed by atoms with Gasteiger partial charge in [-0.15, -0.1) is 0 Å². The van der Waals surface area contributed by atoms with Gasteiger partial charge in [0.1, 0.15) is 0 Å². The minimum absolute atomic E-state index is 0. The summed E-state index contributed by atoms with van der Waals surface area (Å²) in [5.41, 5.74) is 24.6. The fourth-order valence-corrected chi connectivity index (χ4v) is 12.1. The standard InChI is InChI=1S/C35H34BN3.C28H33B.C8H3BrN2.H2/c1-22(2)26-19-27(23(3)4)34(28(20-26)24(5)6)36-29-14-8-10-17-32(29)39(33-18-11-9-15-30(33)36)35-25(21-37)13-12-16-31(35)38-7;1-18(2)23-16-24(19(3)4)28(25(17-23)20(5)6)29-26-13-9-7-11-21(26)15-22-12-8-10-14-27(22)29;1-11-7-4-2-3-6(5-10)8(7)9;/h8-20,22-24H,1-6H3;7-14,16-20H,15H2,1-6H3;2-4H;1H/i;;;1+1. The fourth-order valence-electron chi connectivity index (χ4n) is 11.7. The van der Waals surface area contributed by atoms with E-state index in [0.29, 0.717) is 74.9 Å². The Morgan fingerprint density at radius 2 is 0.810 bits per heavy atom. The highest BCUT2D eigenvalue weighted by atomic mass is 79.9. The number of hydrogen-bond donors (Lipinski definition) is 0. The number of benzene rings is 8. The van der Waals surface area contributed by atoms with Crippen LogP contribution in [-0.2, 0) is 6.42 Å². The van der Waals surface area contributed by atoms with Crippen LogP contribution in [0.15, 0.2) is 162 Å². The quantitative estimate of drug-likeness (QED) is 0.107. The van der Waals surface area contributed by atoms with Crippen LogP contribution in [0, 0.1) is 35.8 Å². The first-order chi connectivity index (χ1) is 37.9. The van der Waals surface area contributed by atoms with Crippen molar-refractivity contribution in [3.63, 3.8) is 0 Å². The molecule has 0 fully saturated rings. The third kappa shape index (κ3) is 11.5. The van der Waals surface area contributed by atoms with Gasteiger partial charge in [-0.3, -0.25) is 0 Å². The van der Waals surface area contributed by atoms with E-state index < -0.39 is 0 Å². The number of hydrogen-bond acceptors (Lipinski definition) is 3. The number of nitriles is 2. The van der Waals surface area contributed by atoms with Gasteiger partial charge in [0.25, 0.3) is 0 Å². The lowest BCUT2D eigenvalue weighted by atomic mass is 9.32. The Hall–Kier alpha value is -7.87. The molecule has 0 aromatic heterocycles. The topological polar surface area (TPSA) is 59.5 Å². The molecular formula is C71H72B2BrN5. The van der Waals surface area contributed by atoms with Crippen molar-refractivity contribution in [3.8, 4) is 12.1 Å². The molecule has 8 heteroatoms. The number of halogens is 1. The van der Waals surface area contributed by atoms with Gasteiger partial charge in [-0.1, -0.05) is 254 Å². The third-order valence-corrected chi connectivity index (χ3v) is 16.6. The summed E-state index contributed by atoms with van der Waals surface area (Å²) in [7, 11) is 0. The molecule has 394 valence electrons. The maximum absolute atomic E-state index is 10.1. The summed E-state index contributed by atoms with van der Waals surface area (Å²) in [4.78, 5) is 9.20. The maximum atomic E-state index is 10.1. The SMILES string of the molecule is CC(C)c1cc(C(C)C)c(B2c3ccccc3Cc3ccccc32)c(C(C)C)c1.[2HH].[C-]#[N+]c1cccc(C#N)c1Br.[C-]#[N+]c1cccc(C#N)c1N1c2ccccc2B(c2c(C(C)C)cc(C(C)C)cc2C(C)C)c2ccccc21. The van der Waals surface area contributed by atoms with E-state index in [-0.39, 0.29) is 8.14 Å². The minimum atomic E-state index is 0. The summed E-state index contributed by atoms with van der Waals surface area (Å²) in [5.74, 6) is 2.73. The van der Waals surface area contributed by atoms with Gasteiger partial charge in [-0.25, -0.2) is 9.69 Å². The van der Waals surface area contributed by atoms with Crippen molar-refractivity contribution in [2.75, 3.05) is 4.90 Å². The van der Waals surface area contributed by atoms with Crippen LogP contribution < -0.4 is 37.7 Å². The van der Waals surface area contributed by atoms with Crippen LogP contribution in [-0.4, -0.2) is 13.4 Å². The summed E-state index contributed by atoms with van der Waals surface area (Å²) >= 11 is 3.17. The van der Waals surface area contributed by atoms with E-state index in [1.165, 1.54) is 71.8 Å². The molecule has 10 rings (SSSR count). The van der Waals surface area contributed by atoms with Crippen molar-refractivity contribution in [3.05, 3.63) is 241 Å².